The standard InChI is InChI=1S/C11H19N3O2S2/c1-13(2)11(17)18-7-9(15)14-5-3-8(4-6-14)10(12)16/h8H,3-7H2,1-2H3,(H2,12,16). The summed E-state index contributed by atoms with van der Waals surface area (Å²) in [7, 11) is 3.72. The molecule has 7 heteroatoms. The van der Waals surface area contributed by atoms with Gasteiger partial charge in [0.05, 0.1) is 5.75 Å². The lowest BCUT2D eigenvalue weighted by Crippen LogP contribution is -2.42. The van der Waals surface area contributed by atoms with E-state index >= 15 is 0 Å². The van der Waals surface area contributed by atoms with Crippen LogP contribution in [0.1, 0.15) is 12.8 Å². The first-order chi connectivity index (χ1) is 8.41. The molecule has 1 saturated heterocycles. The van der Waals surface area contributed by atoms with Crippen LogP contribution in [-0.4, -0.2) is 58.9 Å². The van der Waals surface area contributed by atoms with Crippen LogP contribution in [0.25, 0.3) is 0 Å². The molecule has 2 amide bonds. The summed E-state index contributed by atoms with van der Waals surface area (Å²) < 4.78 is 0.704. The van der Waals surface area contributed by atoms with Crippen LogP contribution in [0.2, 0.25) is 0 Å². The number of hydrogen-bond donors (Lipinski definition) is 1. The average molecular weight is 289 g/mol. The third-order valence-corrected chi connectivity index (χ3v) is 4.66. The topological polar surface area (TPSA) is 66.6 Å². The summed E-state index contributed by atoms with van der Waals surface area (Å²) in [6, 6.07) is 0. The van der Waals surface area contributed by atoms with E-state index in [0.29, 0.717) is 36.0 Å². The minimum atomic E-state index is -0.259. The van der Waals surface area contributed by atoms with Crippen molar-refractivity contribution < 1.29 is 9.59 Å². The van der Waals surface area contributed by atoms with Gasteiger partial charge in [-0.25, -0.2) is 0 Å². The van der Waals surface area contributed by atoms with Crippen LogP contribution in [0.3, 0.4) is 0 Å². The van der Waals surface area contributed by atoms with E-state index in [1.54, 1.807) is 4.90 Å². The Morgan fingerprint density at radius 3 is 2.39 bits per heavy atom. The number of rotatable bonds is 3. The first-order valence-electron chi connectivity index (χ1n) is 5.83. The number of hydrogen-bond acceptors (Lipinski definition) is 4. The van der Waals surface area contributed by atoms with Crippen molar-refractivity contribution in [1.29, 1.82) is 0 Å². The molecule has 0 unspecified atom stereocenters. The molecule has 1 heterocycles. The summed E-state index contributed by atoms with van der Waals surface area (Å²) in [6.45, 7) is 1.23. The van der Waals surface area contributed by atoms with Crippen molar-refractivity contribution in [2.45, 2.75) is 12.8 Å². The second-order valence-corrected chi connectivity index (χ2v) is 6.12. The number of amides is 2. The van der Waals surface area contributed by atoms with Gasteiger partial charge in [0.25, 0.3) is 0 Å². The number of primary amides is 1. The van der Waals surface area contributed by atoms with Crippen LogP contribution in [0.5, 0.6) is 0 Å². The Kier molecular flexibility index (Phi) is 5.87. The molecular weight excluding hydrogens is 270 g/mol. The molecular formula is C11H19N3O2S2. The van der Waals surface area contributed by atoms with Crippen molar-refractivity contribution in [2.24, 2.45) is 11.7 Å². The van der Waals surface area contributed by atoms with Crippen LogP contribution < -0.4 is 5.73 Å². The van der Waals surface area contributed by atoms with Crippen LogP contribution in [0, 0.1) is 5.92 Å². The molecule has 1 fully saturated rings. The van der Waals surface area contributed by atoms with Gasteiger partial charge in [0, 0.05) is 33.1 Å². The molecule has 1 rings (SSSR count). The molecule has 0 atom stereocenters. The Balaban J connectivity index is 2.32. The highest BCUT2D eigenvalue weighted by Gasteiger charge is 2.25. The third-order valence-electron chi connectivity index (χ3n) is 2.93. The number of nitrogens with zero attached hydrogens (tertiary/aromatic N) is 2. The average Bonchev–Trinajstić information content (AvgIpc) is 2.35. The smallest absolute Gasteiger partial charge is 0.233 e. The maximum Gasteiger partial charge on any atom is 0.233 e. The summed E-state index contributed by atoms with van der Waals surface area (Å²) in [5.41, 5.74) is 5.25. The van der Waals surface area contributed by atoms with Crippen LogP contribution in [0.4, 0.5) is 0 Å². The van der Waals surface area contributed by atoms with Crippen molar-refractivity contribution in [3.8, 4) is 0 Å². The lowest BCUT2D eigenvalue weighted by molar-refractivity contribution is -0.132. The zero-order valence-corrected chi connectivity index (χ0v) is 12.4. The van der Waals surface area contributed by atoms with Crippen molar-refractivity contribution in [3.63, 3.8) is 0 Å². The fourth-order valence-corrected chi connectivity index (χ4v) is 2.62. The summed E-state index contributed by atoms with van der Waals surface area (Å²) in [5.74, 6) is 0.0973. The summed E-state index contributed by atoms with van der Waals surface area (Å²) in [5, 5.41) is 0. The minimum absolute atomic E-state index is 0.0760. The van der Waals surface area contributed by atoms with Crippen LogP contribution >= 0.6 is 24.0 Å². The number of carbonyl (C=O) groups is 2. The normalized spacial score (nSPS) is 16.4. The van der Waals surface area contributed by atoms with E-state index in [1.165, 1.54) is 11.8 Å². The highest BCUT2D eigenvalue weighted by Crippen LogP contribution is 2.18. The molecule has 5 nitrogen and oxygen atoms in total. The lowest BCUT2D eigenvalue weighted by atomic mass is 9.96. The van der Waals surface area contributed by atoms with Crippen molar-refractivity contribution >= 4 is 40.1 Å². The Labute approximate surface area is 117 Å². The Morgan fingerprint density at radius 2 is 1.94 bits per heavy atom. The monoisotopic (exact) mass is 289 g/mol. The predicted molar refractivity (Wildman–Crippen MR) is 77.2 cm³/mol. The van der Waals surface area contributed by atoms with Gasteiger partial charge in [-0.05, 0) is 12.8 Å². The molecule has 0 aliphatic carbocycles. The molecule has 0 radical (unpaired) electrons. The van der Waals surface area contributed by atoms with Gasteiger partial charge in [-0.2, -0.15) is 0 Å². The molecule has 1 aliphatic heterocycles. The lowest BCUT2D eigenvalue weighted by Gasteiger charge is -2.30. The van der Waals surface area contributed by atoms with Gasteiger partial charge in [-0.15, -0.1) is 0 Å². The summed E-state index contributed by atoms with van der Waals surface area (Å²) in [4.78, 5) is 26.5. The predicted octanol–water partition coefficient (Wildman–Crippen LogP) is 0.290. The Hall–Kier alpha value is -0.820. The number of piperidine rings is 1. The summed E-state index contributed by atoms with van der Waals surface area (Å²) >= 11 is 6.48. The maximum absolute atomic E-state index is 11.9. The van der Waals surface area contributed by atoms with Gasteiger partial charge >= 0.3 is 0 Å². The molecule has 0 aromatic heterocycles. The number of likely N-dealkylation sites (tertiary alicyclic amines) is 1. The second kappa shape index (κ2) is 6.94. The fraction of sp³-hybridized carbons (Fsp3) is 0.727. The number of nitrogens with two attached hydrogens (primary N) is 1. The molecule has 0 bridgehead atoms. The second-order valence-electron chi connectivity index (χ2n) is 4.51. The zero-order chi connectivity index (χ0) is 13.7. The molecule has 0 aromatic carbocycles. The Morgan fingerprint density at radius 1 is 1.39 bits per heavy atom. The van der Waals surface area contributed by atoms with Crippen molar-refractivity contribution in [2.75, 3.05) is 32.9 Å². The van der Waals surface area contributed by atoms with E-state index in [1.807, 2.05) is 19.0 Å². The van der Waals surface area contributed by atoms with E-state index in [2.05, 4.69) is 0 Å². The third kappa shape index (κ3) is 4.45. The van der Waals surface area contributed by atoms with Crippen LogP contribution in [0.15, 0.2) is 0 Å². The van der Waals surface area contributed by atoms with Gasteiger partial charge in [0.2, 0.25) is 11.8 Å². The highest BCUT2D eigenvalue weighted by atomic mass is 32.2. The molecule has 0 saturated carbocycles. The van der Waals surface area contributed by atoms with Gasteiger partial charge in [-0.1, -0.05) is 24.0 Å². The number of thioether (sulfide) groups is 1. The molecule has 18 heavy (non-hydrogen) atoms. The first-order valence-corrected chi connectivity index (χ1v) is 7.22. The molecule has 0 spiro atoms. The van der Waals surface area contributed by atoms with Gasteiger partial charge in [-0.3, -0.25) is 9.59 Å². The van der Waals surface area contributed by atoms with Gasteiger partial charge in [0.1, 0.15) is 4.32 Å². The van der Waals surface area contributed by atoms with Crippen molar-refractivity contribution in [3.05, 3.63) is 0 Å². The van der Waals surface area contributed by atoms with Crippen LogP contribution in [-0.2, 0) is 9.59 Å². The number of carbonyl (C=O) groups excluding carboxylic acids is 2. The molecule has 0 aromatic rings. The van der Waals surface area contributed by atoms with E-state index in [-0.39, 0.29) is 17.7 Å². The van der Waals surface area contributed by atoms with E-state index in [4.69, 9.17) is 18.0 Å². The highest BCUT2D eigenvalue weighted by molar-refractivity contribution is 8.23. The fourth-order valence-electron chi connectivity index (χ4n) is 1.76. The molecule has 2 N–H and O–H groups in total. The largest absolute Gasteiger partial charge is 0.369 e. The first kappa shape index (κ1) is 15.2. The van der Waals surface area contributed by atoms with Gasteiger partial charge in [0.15, 0.2) is 0 Å². The van der Waals surface area contributed by atoms with Gasteiger partial charge < -0.3 is 15.5 Å². The number of thiocarbonyl (C=S) groups is 1. The molecule has 1 aliphatic rings. The maximum atomic E-state index is 11.9. The van der Waals surface area contributed by atoms with E-state index in [9.17, 15) is 9.59 Å². The Bertz CT molecular complexity index is 339. The summed E-state index contributed by atoms with van der Waals surface area (Å²) in [6.07, 6.45) is 1.34. The van der Waals surface area contributed by atoms with Crippen molar-refractivity contribution in [1.82, 2.24) is 9.80 Å². The quantitative estimate of drug-likeness (QED) is 0.757. The van der Waals surface area contributed by atoms with E-state index in [0.717, 1.165) is 0 Å². The minimum Gasteiger partial charge on any atom is -0.369 e. The SMILES string of the molecule is CN(C)C(=S)SCC(=O)N1CCC(C(N)=O)CC1. The zero-order valence-electron chi connectivity index (χ0n) is 10.7. The molecule has 102 valence electrons. The van der Waals surface area contributed by atoms with E-state index < -0.39 is 0 Å².